The molecule has 0 saturated carbocycles. The van der Waals surface area contributed by atoms with E-state index in [9.17, 15) is 0 Å². The topological polar surface area (TPSA) is 63.8 Å². The normalized spacial score (nSPS) is 10.2. The Hall–Kier alpha value is -1.62. The van der Waals surface area contributed by atoms with E-state index >= 15 is 0 Å². The molecule has 0 radical (unpaired) electrons. The molecule has 2 heterocycles. The SMILES string of the molecule is Cc1cccnc1CNc1cc(N)ns1. The van der Waals surface area contributed by atoms with Crippen molar-refractivity contribution in [3.63, 3.8) is 0 Å². The summed E-state index contributed by atoms with van der Waals surface area (Å²) < 4.78 is 3.99. The fraction of sp³-hybridized carbons (Fsp3) is 0.200. The number of aryl methyl sites for hydroxylation is 1. The van der Waals surface area contributed by atoms with Crippen LogP contribution < -0.4 is 11.1 Å². The molecule has 2 aromatic heterocycles. The molecule has 3 N–H and O–H groups in total. The standard InChI is InChI=1S/C10H12N4S/c1-7-3-2-4-12-8(7)6-13-10-5-9(11)14-15-10/h2-5,13H,6H2,1H3,(H2,11,14). The fourth-order valence-electron chi connectivity index (χ4n) is 1.25. The van der Waals surface area contributed by atoms with Crippen molar-refractivity contribution in [2.45, 2.75) is 13.5 Å². The molecular weight excluding hydrogens is 208 g/mol. The monoisotopic (exact) mass is 220 g/mol. The molecule has 4 nitrogen and oxygen atoms in total. The molecule has 0 saturated heterocycles. The summed E-state index contributed by atoms with van der Waals surface area (Å²) in [6.07, 6.45) is 1.80. The first-order valence-electron chi connectivity index (χ1n) is 4.62. The van der Waals surface area contributed by atoms with Gasteiger partial charge < -0.3 is 11.1 Å². The number of rotatable bonds is 3. The van der Waals surface area contributed by atoms with E-state index in [1.165, 1.54) is 17.1 Å². The van der Waals surface area contributed by atoms with Crippen LogP contribution in [0.4, 0.5) is 10.8 Å². The van der Waals surface area contributed by atoms with Crippen molar-refractivity contribution >= 4 is 22.4 Å². The van der Waals surface area contributed by atoms with Crippen LogP contribution in [0.1, 0.15) is 11.3 Å². The molecule has 0 aliphatic rings. The van der Waals surface area contributed by atoms with Gasteiger partial charge in [-0.3, -0.25) is 4.98 Å². The van der Waals surface area contributed by atoms with Crippen molar-refractivity contribution in [2.75, 3.05) is 11.1 Å². The first-order valence-corrected chi connectivity index (χ1v) is 5.39. The lowest BCUT2D eigenvalue weighted by Crippen LogP contribution is -2.02. The number of nitrogens with two attached hydrogens (primary N) is 1. The number of nitrogen functional groups attached to an aromatic ring is 1. The van der Waals surface area contributed by atoms with Crippen LogP contribution in [0.15, 0.2) is 24.4 Å². The number of nitrogens with one attached hydrogen (secondary N) is 1. The van der Waals surface area contributed by atoms with Gasteiger partial charge >= 0.3 is 0 Å². The minimum Gasteiger partial charge on any atom is -0.383 e. The second-order valence-electron chi connectivity index (χ2n) is 3.24. The van der Waals surface area contributed by atoms with Gasteiger partial charge in [0.2, 0.25) is 0 Å². The lowest BCUT2D eigenvalue weighted by molar-refractivity contribution is 1.02. The van der Waals surface area contributed by atoms with Gasteiger partial charge in [0, 0.05) is 12.3 Å². The van der Waals surface area contributed by atoms with E-state index in [0.29, 0.717) is 12.4 Å². The van der Waals surface area contributed by atoms with Crippen molar-refractivity contribution < 1.29 is 0 Å². The lowest BCUT2D eigenvalue weighted by atomic mass is 10.2. The highest BCUT2D eigenvalue weighted by Gasteiger charge is 2.00. The zero-order chi connectivity index (χ0) is 10.7. The summed E-state index contributed by atoms with van der Waals surface area (Å²) >= 11 is 1.36. The molecule has 0 unspecified atom stereocenters. The van der Waals surface area contributed by atoms with Crippen LogP contribution >= 0.6 is 11.5 Å². The van der Waals surface area contributed by atoms with Crippen molar-refractivity contribution in [3.8, 4) is 0 Å². The Morgan fingerprint density at radius 3 is 3.07 bits per heavy atom. The van der Waals surface area contributed by atoms with Gasteiger partial charge in [-0.25, -0.2) is 0 Å². The Labute approximate surface area is 92.3 Å². The van der Waals surface area contributed by atoms with Crippen molar-refractivity contribution in [1.82, 2.24) is 9.36 Å². The summed E-state index contributed by atoms with van der Waals surface area (Å²) in [5.74, 6) is 0.556. The second-order valence-corrected chi connectivity index (χ2v) is 4.04. The fourth-order valence-corrected chi connectivity index (χ4v) is 1.81. The molecule has 5 heteroatoms. The summed E-state index contributed by atoms with van der Waals surface area (Å²) in [6, 6.07) is 5.80. The third-order valence-corrected chi connectivity index (χ3v) is 2.84. The molecule has 2 rings (SSSR count). The molecule has 0 aliphatic carbocycles. The van der Waals surface area contributed by atoms with E-state index in [-0.39, 0.29) is 0 Å². The van der Waals surface area contributed by atoms with Gasteiger partial charge in [0.1, 0.15) is 10.8 Å². The molecule has 0 spiro atoms. The van der Waals surface area contributed by atoms with Gasteiger partial charge in [0.05, 0.1) is 12.2 Å². The number of anilines is 2. The predicted octanol–water partition coefficient (Wildman–Crippen LogP) is 2.04. The van der Waals surface area contributed by atoms with Gasteiger partial charge in [0.25, 0.3) is 0 Å². The number of pyridine rings is 1. The molecular formula is C10H12N4S. The first kappa shape index (κ1) is 9.92. The largest absolute Gasteiger partial charge is 0.383 e. The maximum absolute atomic E-state index is 5.52. The minimum atomic E-state index is 0.556. The molecule has 0 bridgehead atoms. The number of aromatic nitrogens is 2. The Morgan fingerprint density at radius 2 is 2.40 bits per heavy atom. The van der Waals surface area contributed by atoms with E-state index in [0.717, 1.165) is 10.7 Å². The van der Waals surface area contributed by atoms with Gasteiger partial charge in [-0.15, -0.1) is 0 Å². The van der Waals surface area contributed by atoms with E-state index in [4.69, 9.17) is 5.73 Å². The molecule has 2 aromatic rings. The summed E-state index contributed by atoms with van der Waals surface area (Å²) in [4.78, 5) is 4.29. The van der Waals surface area contributed by atoms with Gasteiger partial charge in [-0.05, 0) is 30.1 Å². The molecule has 0 aromatic carbocycles. The van der Waals surface area contributed by atoms with E-state index in [2.05, 4.69) is 14.7 Å². The number of hydrogen-bond acceptors (Lipinski definition) is 5. The average Bonchev–Trinajstić information content (AvgIpc) is 2.63. The van der Waals surface area contributed by atoms with Gasteiger partial charge in [0.15, 0.2) is 0 Å². The highest BCUT2D eigenvalue weighted by Crippen LogP contribution is 2.18. The van der Waals surface area contributed by atoms with Crippen LogP contribution in [0.25, 0.3) is 0 Å². The van der Waals surface area contributed by atoms with Crippen LogP contribution in [-0.2, 0) is 6.54 Å². The Morgan fingerprint density at radius 1 is 1.53 bits per heavy atom. The zero-order valence-electron chi connectivity index (χ0n) is 8.40. The third-order valence-electron chi connectivity index (χ3n) is 2.08. The van der Waals surface area contributed by atoms with Gasteiger partial charge in [-0.1, -0.05) is 6.07 Å². The summed E-state index contributed by atoms with van der Waals surface area (Å²) in [5.41, 5.74) is 7.75. The van der Waals surface area contributed by atoms with Crippen LogP contribution in [-0.4, -0.2) is 9.36 Å². The van der Waals surface area contributed by atoms with E-state index in [1.807, 2.05) is 25.1 Å². The van der Waals surface area contributed by atoms with Crippen LogP contribution in [0.5, 0.6) is 0 Å². The van der Waals surface area contributed by atoms with Crippen LogP contribution in [0.2, 0.25) is 0 Å². The maximum atomic E-state index is 5.52. The molecule has 0 amide bonds. The quantitative estimate of drug-likeness (QED) is 0.830. The summed E-state index contributed by atoms with van der Waals surface area (Å²) in [6.45, 7) is 2.75. The zero-order valence-corrected chi connectivity index (χ0v) is 9.21. The molecule has 0 aliphatic heterocycles. The Kier molecular flexibility index (Phi) is 2.82. The predicted molar refractivity (Wildman–Crippen MR) is 62.8 cm³/mol. The molecule has 15 heavy (non-hydrogen) atoms. The third kappa shape index (κ3) is 2.44. The second kappa shape index (κ2) is 4.27. The summed E-state index contributed by atoms with van der Waals surface area (Å²) in [7, 11) is 0. The first-order chi connectivity index (χ1) is 7.25. The molecule has 0 atom stereocenters. The Balaban J connectivity index is 2.02. The minimum absolute atomic E-state index is 0.556. The average molecular weight is 220 g/mol. The number of hydrogen-bond donors (Lipinski definition) is 2. The van der Waals surface area contributed by atoms with Gasteiger partial charge in [-0.2, -0.15) is 4.37 Å². The van der Waals surface area contributed by atoms with Crippen molar-refractivity contribution in [1.29, 1.82) is 0 Å². The lowest BCUT2D eigenvalue weighted by Gasteiger charge is -2.04. The van der Waals surface area contributed by atoms with Crippen LogP contribution in [0.3, 0.4) is 0 Å². The smallest absolute Gasteiger partial charge is 0.139 e. The Bertz CT molecular complexity index is 452. The number of nitrogens with zero attached hydrogens (tertiary/aromatic N) is 2. The highest BCUT2D eigenvalue weighted by molar-refractivity contribution is 7.10. The van der Waals surface area contributed by atoms with Crippen molar-refractivity contribution in [3.05, 3.63) is 35.7 Å². The highest BCUT2D eigenvalue weighted by atomic mass is 32.1. The van der Waals surface area contributed by atoms with Crippen molar-refractivity contribution in [2.24, 2.45) is 0 Å². The van der Waals surface area contributed by atoms with E-state index in [1.54, 1.807) is 6.20 Å². The summed E-state index contributed by atoms with van der Waals surface area (Å²) in [5, 5.41) is 4.21. The van der Waals surface area contributed by atoms with E-state index < -0.39 is 0 Å². The maximum Gasteiger partial charge on any atom is 0.139 e. The molecule has 78 valence electrons. The van der Waals surface area contributed by atoms with Crippen LogP contribution in [0, 0.1) is 6.92 Å². The molecule has 0 fully saturated rings.